The number of methoxy groups -OCH3 is 1. The first kappa shape index (κ1) is 9.63. The van der Waals surface area contributed by atoms with E-state index in [0.717, 1.165) is 7.11 Å². The van der Waals surface area contributed by atoms with Crippen molar-refractivity contribution >= 4 is 0 Å². The number of pyridine rings is 1. The molecule has 1 heterocycles. The highest BCUT2D eigenvalue weighted by molar-refractivity contribution is 5.35. The van der Waals surface area contributed by atoms with E-state index < -0.39 is 29.6 Å². The normalized spacial score (nSPS) is 10.5. The van der Waals surface area contributed by atoms with Crippen LogP contribution in [0, 0.1) is 5.82 Å². The number of hydrogen-bond donors (Lipinski definition) is 1. The lowest BCUT2D eigenvalue weighted by Crippen LogP contribution is -1.96. The quantitative estimate of drug-likeness (QED) is 0.779. The highest BCUT2D eigenvalue weighted by Crippen LogP contribution is 2.30. The molecule has 0 atom stereocenters. The maximum atomic E-state index is 12.7. The monoisotopic (exact) mass is 193 g/mol. The number of alkyl halides is 2. The minimum atomic E-state index is -2.90. The summed E-state index contributed by atoms with van der Waals surface area (Å²) in [5, 5.41) is 8.90. The van der Waals surface area contributed by atoms with E-state index in [2.05, 4.69) is 9.72 Å². The van der Waals surface area contributed by atoms with Gasteiger partial charge in [0.1, 0.15) is 5.69 Å². The molecule has 1 aromatic heterocycles. The number of ether oxygens (including phenoxy) is 1. The topological polar surface area (TPSA) is 42.4 Å². The molecule has 0 amide bonds. The highest BCUT2D eigenvalue weighted by Gasteiger charge is 2.17. The van der Waals surface area contributed by atoms with Crippen LogP contribution in [0.4, 0.5) is 13.2 Å². The smallest absolute Gasteiger partial charge is 0.280 e. The molecule has 6 heteroatoms. The molecule has 1 rings (SSSR count). The third-order valence-corrected chi connectivity index (χ3v) is 1.35. The van der Waals surface area contributed by atoms with Crippen LogP contribution in [-0.4, -0.2) is 17.2 Å². The molecule has 0 fully saturated rings. The molecule has 72 valence electrons. The molecule has 1 N–H and O–H groups in total. The minimum Gasteiger partial charge on any atom is -0.501 e. The molecular weight excluding hydrogens is 187 g/mol. The first-order valence-corrected chi connectivity index (χ1v) is 3.27. The van der Waals surface area contributed by atoms with E-state index in [1.54, 1.807) is 0 Å². The summed E-state index contributed by atoms with van der Waals surface area (Å²) in [6.45, 7) is 0. The molecule has 0 unspecified atom stereocenters. The predicted octanol–water partition coefficient (Wildman–Crippen LogP) is 1.87. The fraction of sp³-hybridized carbons (Fsp3) is 0.286. The molecule has 0 bridgehead atoms. The van der Waals surface area contributed by atoms with Gasteiger partial charge in [0.25, 0.3) is 12.3 Å². The fourth-order valence-corrected chi connectivity index (χ4v) is 0.757. The standard InChI is InChI=1S/C7H6F3NO2/c1-13-7-5(12)3(8)2-4(11-7)6(9)10/h2,6,12H,1H3. The van der Waals surface area contributed by atoms with E-state index >= 15 is 0 Å². The number of aromatic nitrogens is 1. The average Bonchev–Trinajstić information content (AvgIpc) is 2.09. The Bertz CT molecular complexity index is 317. The van der Waals surface area contributed by atoms with Crippen molar-refractivity contribution in [1.82, 2.24) is 4.98 Å². The number of rotatable bonds is 2. The summed E-state index contributed by atoms with van der Waals surface area (Å²) in [6.07, 6.45) is -2.90. The van der Waals surface area contributed by atoms with Gasteiger partial charge in [0.15, 0.2) is 5.82 Å². The summed E-state index contributed by atoms with van der Waals surface area (Å²) in [7, 11) is 1.09. The van der Waals surface area contributed by atoms with Gasteiger partial charge in [0.2, 0.25) is 5.75 Å². The third-order valence-electron chi connectivity index (χ3n) is 1.35. The second kappa shape index (κ2) is 3.51. The highest BCUT2D eigenvalue weighted by atomic mass is 19.3. The van der Waals surface area contributed by atoms with Crippen molar-refractivity contribution in [3.8, 4) is 11.6 Å². The maximum Gasteiger partial charge on any atom is 0.280 e. The number of hydrogen-bond acceptors (Lipinski definition) is 3. The molecule has 0 spiro atoms. The molecule has 0 saturated heterocycles. The molecule has 0 aliphatic heterocycles. The number of halogens is 3. The van der Waals surface area contributed by atoms with Gasteiger partial charge in [-0.3, -0.25) is 0 Å². The second-order valence-corrected chi connectivity index (χ2v) is 2.19. The lowest BCUT2D eigenvalue weighted by atomic mass is 10.3. The van der Waals surface area contributed by atoms with Gasteiger partial charge in [-0.05, 0) is 0 Å². The Morgan fingerprint density at radius 1 is 1.54 bits per heavy atom. The van der Waals surface area contributed by atoms with Crippen LogP contribution >= 0.6 is 0 Å². The van der Waals surface area contributed by atoms with Crippen LogP contribution in [0.3, 0.4) is 0 Å². The zero-order chi connectivity index (χ0) is 10.0. The van der Waals surface area contributed by atoms with E-state index in [9.17, 15) is 13.2 Å². The van der Waals surface area contributed by atoms with Crippen LogP contribution in [0.5, 0.6) is 11.6 Å². The molecule has 0 aliphatic carbocycles. The lowest BCUT2D eigenvalue weighted by molar-refractivity contribution is 0.144. The lowest BCUT2D eigenvalue weighted by Gasteiger charge is -2.05. The summed E-state index contributed by atoms with van der Waals surface area (Å²) in [5.74, 6) is -2.59. The zero-order valence-electron chi connectivity index (χ0n) is 6.59. The third kappa shape index (κ3) is 1.82. The average molecular weight is 193 g/mol. The second-order valence-electron chi connectivity index (χ2n) is 2.19. The van der Waals surface area contributed by atoms with Crippen molar-refractivity contribution in [3.63, 3.8) is 0 Å². The summed E-state index contributed by atoms with van der Waals surface area (Å²) in [6, 6.07) is 0.461. The molecule has 0 saturated carbocycles. The summed E-state index contributed by atoms with van der Waals surface area (Å²) < 4.78 is 41.1. The summed E-state index contributed by atoms with van der Waals surface area (Å²) in [4.78, 5) is 3.19. The molecule has 0 aromatic carbocycles. The molecule has 13 heavy (non-hydrogen) atoms. The van der Waals surface area contributed by atoms with Gasteiger partial charge in [0, 0.05) is 6.07 Å². The Morgan fingerprint density at radius 3 is 2.62 bits per heavy atom. The van der Waals surface area contributed by atoms with Crippen LogP contribution in [0.2, 0.25) is 0 Å². The van der Waals surface area contributed by atoms with Crippen LogP contribution < -0.4 is 4.74 Å². The van der Waals surface area contributed by atoms with Gasteiger partial charge in [-0.15, -0.1) is 0 Å². The minimum absolute atomic E-state index is 0.461. The Labute approximate surface area is 71.8 Å². The van der Waals surface area contributed by atoms with Crippen LogP contribution in [0.15, 0.2) is 6.07 Å². The Morgan fingerprint density at radius 2 is 2.15 bits per heavy atom. The van der Waals surface area contributed by atoms with Gasteiger partial charge in [-0.25, -0.2) is 18.2 Å². The largest absolute Gasteiger partial charge is 0.501 e. The first-order chi connectivity index (χ1) is 6.06. The van der Waals surface area contributed by atoms with Crippen LogP contribution in [0.25, 0.3) is 0 Å². The van der Waals surface area contributed by atoms with Crippen molar-refractivity contribution in [2.45, 2.75) is 6.43 Å². The zero-order valence-corrected chi connectivity index (χ0v) is 6.59. The van der Waals surface area contributed by atoms with Crippen molar-refractivity contribution < 1.29 is 23.0 Å². The van der Waals surface area contributed by atoms with Gasteiger partial charge in [0.05, 0.1) is 7.11 Å². The molecule has 0 aliphatic rings. The first-order valence-electron chi connectivity index (χ1n) is 3.27. The molecular formula is C7H6F3NO2. The van der Waals surface area contributed by atoms with Crippen LogP contribution in [0.1, 0.15) is 12.1 Å². The Hall–Kier alpha value is -1.46. The summed E-state index contributed by atoms with van der Waals surface area (Å²) >= 11 is 0. The van der Waals surface area contributed by atoms with Crippen molar-refractivity contribution in [2.75, 3.05) is 7.11 Å². The van der Waals surface area contributed by atoms with E-state index in [0.29, 0.717) is 6.07 Å². The van der Waals surface area contributed by atoms with Crippen molar-refractivity contribution in [3.05, 3.63) is 17.6 Å². The van der Waals surface area contributed by atoms with Gasteiger partial charge < -0.3 is 9.84 Å². The maximum absolute atomic E-state index is 12.7. The van der Waals surface area contributed by atoms with Crippen molar-refractivity contribution in [1.29, 1.82) is 0 Å². The van der Waals surface area contributed by atoms with E-state index in [1.165, 1.54) is 0 Å². The number of nitrogens with zero attached hydrogens (tertiary/aromatic N) is 1. The van der Waals surface area contributed by atoms with Gasteiger partial charge >= 0.3 is 0 Å². The van der Waals surface area contributed by atoms with Gasteiger partial charge in [-0.2, -0.15) is 0 Å². The van der Waals surface area contributed by atoms with Crippen molar-refractivity contribution in [2.24, 2.45) is 0 Å². The Kier molecular flexibility index (Phi) is 2.60. The molecule has 0 radical (unpaired) electrons. The van der Waals surface area contributed by atoms with Gasteiger partial charge in [-0.1, -0.05) is 0 Å². The Balaban J connectivity index is 3.22. The van der Waals surface area contributed by atoms with E-state index in [-0.39, 0.29) is 0 Å². The summed E-state index contributed by atoms with van der Waals surface area (Å²) in [5.41, 5.74) is -0.771. The van der Waals surface area contributed by atoms with E-state index in [1.807, 2.05) is 0 Å². The predicted molar refractivity (Wildman–Crippen MR) is 37.4 cm³/mol. The van der Waals surface area contributed by atoms with E-state index in [4.69, 9.17) is 5.11 Å². The molecule has 3 nitrogen and oxygen atoms in total. The van der Waals surface area contributed by atoms with Crippen LogP contribution in [-0.2, 0) is 0 Å². The molecule has 1 aromatic rings. The fourth-order valence-electron chi connectivity index (χ4n) is 0.757. The number of aromatic hydroxyl groups is 1. The SMILES string of the molecule is COc1nc(C(F)F)cc(F)c1O.